The molecule has 8 heteroatoms. The maximum Gasteiger partial charge on any atom is 0.267 e. The highest BCUT2D eigenvalue weighted by atomic mass is 32.2. The van der Waals surface area contributed by atoms with Crippen molar-refractivity contribution in [1.29, 1.82) is 0 Å². The van der Waals surface area contributed by atoms with Crippen molar-refractivity contribution in [2.75, 3.05) is 0 Å². The number of hydrogen-bond donors (Lipinski definition) is 1. The molecule has 1 aromatic heterocycles. The van der Waals surface area contributed by atoms with Crippen molar-refractivity contribution in [3.05, 3.63) is 42.7 Å². The van der Waals surface area contributed by atoms with Gasteiger partial charge in [-0.3, -0.25) is 9.59 Å². The third-order valence-electron chi connectivity index (χ3n) is 4.42. The molecule has 0 bridgehead atoms. The molecule has 0 saturated heterocycles. The molecule has 2 atom stereocenters. The van der Waals surface area contributed by atoms with Gasteiger partial charge in [-0.1, -0.05) is 25.1 Å². The molecule has 0 radical (unpaired) electrons. The minimum atomic E-state index is -3.99. The lowest BCUT2D eigenvalue weighted by molar-refractivity contribution is -0.129. The summed E-state index contributed by atoms with van der Waals surface area (Å²) in [5.74, 6) is -1.12. The number of ketones is 1. The molecule has 1 amide bonds. The molecule has 1 N–H and O–H groups in total. The van der Waals surface area contributed by atoms with E-state index in [2.05, 4.69) is 9.82 Å². The van der Waals surface area contributed by atoms with Crippen LogP contribution in [0.1, 0.15) is 26.2 Å². The second-order valence-corrected chi connectivity index (χ2v) is 7.95. The number of rotatable bonds is 4. The summed E-state index contributed by atoms with van der Waals surface area (Å²) >= 11 is 0. The molecule has 1 heterocycles. The van der Waals surface area contributed by atoms with Crippen LogP contribution in [-0.4, -0.2) is 29.9 Å². The molecule has 1 saturated carbocycles. The van der Waals surface area contributed by atoms with Gasteiger partial charge < -0.3 is 0 Å². The van der Waals surface area contributed by atoms with Crippen molar-refractivity contribution in [2.24, 2.45) is 11.8 Å². The van der Waals surface area contributed by atoms with Crippen molar-refractivity contribution in [3.8, 4) is 5.69 Å². The van der Waals surface area contributed by atoms with Crippen LogP contribution in [0.25, 0.3) is 5.69 Å². The Morgan fingerprint density at radius 3 is 2.68 bits per heavy atom. The summed E-state index contributed by atoms with van der Waals surface area (Å²) in [5, 5.41) is 4.04. The number of Topliss-reactive ketones (excluding diaryl/α,β-unsaturated/α-hetero) is 1. The van der Waals surface area contributed by atoms with E-state index in [1.165, 1.54) is 17.1 Å². The summed E-state index contributed by atoms with van der Waals surface area (Å²) in [6.45, 7) is 1.76. The highest BCUT2D eigenvalue weighted by molar-refractivity contribution is 7.90. The number of nitrogens with zero attached hydrogens (tertiary/aromatic N) is 2. The van der Waals surface area contributed by atoms with Crippen LogP contribution < -0.4 is 4.72 Å². The fraction of sp³-hybridized carbons (Fsp3) is 0.353. The molecule has 132 valence electrons. The van der Waals surface area contributed by atoms with Gasteiger partial charge in [-0.2, -0.15) is 5.10 Å². The van der Waals surface area contributed by atoms with E-state index in [1.807, 2.05) is 18.2 Å². The van der Waals surface area contributed by atoms with E-state index >= 15 is 0 Å². The van der Waals surface area contributed by atoms with Crippen molar-refractivity contribution >= 4 is 21.7 Å². The molecular weight excluding hydrogens is 342 g/mol. The van der Waals surface area contributed by atoms with Gasteiger partial charge in [0.15, 0.2) is 0 Å². The van der Waals surface area contributed by atoms with Gasteiger partial charge in [-0.25, -0.2) is 17.8 Å². The minimum absolute atomic E-state index is 0.0790. The number of nitrogens with one attached hydrogen (secondary N) is 1. The zero-order valence-electron chi connectivity index (χ0n) is 13.8. The summed E-state index contributed by atoms with van der Waals surface area (Å²) < 4.78 is 28.4. The van der Waals surface area contributed by atoms with Crippen LogP contribution in [0.3, 0.4) is 0 Å². The average molecular weight is 361 g/mol. The summed E-state index contributed by atoms with van der Waals surface area (Å²) in [5.41, 5.74) is 0.717. The van der Waals surface area contributed by atoms with E-state index in [9.17, 15) is 18.0 Å². The van der Waals surface area contributed by atoms with Crippen molar-refractivity contribution in [3.63, 3.8) is 0 Å². The maximum atomic E-state index is 12.4. The summed E-state index contributed by atoms with van der Waals surface area (Å²) in [4.78, 5) is 23.8. The highest BCUT2D eigenvalue weighted by Crippen LogP contribution is 2.26. The Morgan fingerprint density at radius 2 is 2.00 bits per heavy atom. The third kappa shape index (κ3) is 3.79. The van der Waals surface area contributed by atoms with Crippen LogP contribution in [0.2, 0.25) is 0 Å². The van der Waals surface area contributed by atoms with Crippen LogP contribution in [0.5, 0.6) is 0 Å². The van der Waals surface area contributed by atoms with Gasteiger partial charge in [0.05, 0.1) is 18.1 Å². The Balaban J connectivity index is 1.73. The largest absolute Gasteiger partial charge is 0.299 e. The number of benzene rings is 1. The lowest BCUT2D eigenvalue weighted by Crippen LogP contribution is -2.38. The van der Waals surface area contributed by atoms with E-state index in [4.69, 9.17) is 0 Å². The molecular formula is C17H19N3O4S. The van der Waals surface area contributed by atoms with Gasteiger partial charge >= 0.3 is 0 Å². The normalized spacial score (nSPS) is 21.1. The van der Waals surface area contributed by atoms with Crippen molar-refractivity contribution < 1.29 is 18.0 Å². The Kier molecular flexibility index (Phi) is 4.71. The lowest BCUT2D eigenvalue weighted by atomic mass is 9.81. The van der Waals surface area contributed by atoms with E-state index in [1.54, 1.807) is 19.1 Å². The fourth-order valence-corrected chi connectivity index (χ4v) is 3.89. The Bertz CT molecular complexity index is 890. The predicted molar refractivity (Wildman–Crippen MR) is 90.4 cm³/mol. The molecule has 0 aliphatic heterocycles. The van der Waals surface area contributed by atoms with Crippen LogP contribution >= 0.6 is 0 Å². The monoisotopic (exact) mass is 361 g/mol. The average Bonchev–Trinajstić information content (AvgIpc) is 3.09. The van der Waals surface area contributed by atoms with Crippen LogP contribution in [-0.2, 0) is 19.6 Å². The second-order valence-electron chi connectivity index (χ2n) is 6.26. The second kappa shape index (κ2) is 6.79. The number of amides is 1. The number of para-hydroxylation sites is 1. The Hall–Kier alpha value is -2.48. The first-order chi connectivity index (χ1) is 11.9. The zero-order chi connectivity index (χ0) is 18.0. The standard InChI is InChI=1S/C17H19N3O4S/c1-12-9-13(7-8-16(12)21)17(22)19-25(23,24)15-10-18-20(11-15)14-5-3-2-4-6-14/h2-6,10-13H,7-9H2,1H3,(H,19,22). The molecule has 7 nitrogen and oxygen atoms in total. The van der Waals surface area contributed by atoms with Crippen LogP contribution in [0.15, 0.2) is 47.6 Å². The first kappa shape index (κ1) is 17.3. The summed E-state index contributed by atoms with van der Waals surface area (Å²) in [7, 11) is -3.99. The molecule has 3 rings (SSSR count). The Morgan fingerprint density at radius 1 is 1.28 bits per heavy atom. The fourth-order valence-electron chi connectivity index (χ4n) is 2.92. The zero-order valence-corrected chi connectivity index (χ0v) is 14.6. The van der Waals surface area contributed by atoms with E-state index in [0.717, 1.165) is 5.69 Å². The van der Waals surface area contributed by atoms with E-state index in [-0.39, 0.29) is 16.6 Å². The van der Waals surface area contributed by atoms with Crippen LogP contribution in [0, 0.1) is 11.8 Å². The van der Waals surface area contributed by atoms with E-state index < -0.39 is 21.8 Å². The molecule has 1 aliphatic rings. The summed E-state index contributed by atoms with van der Waals surface area (Å²) in [6.07, 6.45) is 3.64. The molecule has 2 unspecified atom stereocenters. The van der Waals surface area contributed by atoms with Gasteiger partial charge in [0.1, 0.15) is 10.7 Å². The highest BCUT2D eigenvalue weighted by Gasteiger charge is 2.32. The smallest absolute Gasteiger partial charge is 0.267 e. The SMILES string of the molecule is CC1CC(C(=O)NS(=O)(=O)c2cnn(-c3ccccc3)c2)CCC1=O. The minimum Gasteiger partial charge on any atom is -0.299 e. The molecule has 1 aliphatic carbocycles. The molecule has 2 aromatic rings. The number of carbonyl (C=O) groups excluding carboxylic acids is 2. The van der Waals surface area contributed by atoms with Gasteiger partial charge in [0.2, 0.25) is 5.91 Å². The first-order valence-corrected chi connectivity index (χ1v) is 9.54. The van der Waals surface area contributed by atoms with Gasteiger partial charge in [0.25, 0.3) is 10.0 Å². The molecule has 0 spiro atoms. The first-order valence-electron chi connectivity index (χ1n) is 8.06. The van der Waals surface area contributed by atoms with Crippen molar-refractivity contribution in [2.45, 2.75) is 31.1 Å². The van der Waals surface area contributed by atoms with Gasteiger partial charge in [-0.15, -0.1) is 0 Å². The number of aromatic nitrogens is 2. The molecule has 1 aromatic carbocycles. The van der Waals surface area contributed by atoms with Crippen molar-refractivity contribution in [1.82, 2.24) is 14.5 Å². The quantitative estimate of drug-likeness (QED) is 0.893. The third-order valence-corrected chi connectivity index (χ3v) is 5.72. The number of carbonyl (C=O) groups is 2. The molecule has 25 heavy (non-hydrogen) atoms. The van der Waals surface area contributed by atoms with E-state index in [0.29, 0.717) is 19.3 Å². The topological polar surface area (TPSA) is 98.1 Å². The Labute approximate surface area is 146 Å². The maximum absolute atomic E-state index is 12.4. The van der Waals surface area contributed by atoms with Gasteiger partial charge in [0, 0.05) is 18.3 Å². The van der Waals surface area contributed by atoms with Gasteiger partial charge in [-0.05, 0) is 25.0 Å². The lowest BCUT2D eigenvalue weighted by Gasteiger charge is -2.24. The number of hydrogen-bond acceptors (Lipinski definition) is 5. The van der Waals surface area contributed by atoms with Crippen LogP contribution in [0.4, 0.5) is 0 Å². The predicted octanol–water partition coefficient (Wildman–Crippen LogP) is 1.68. The number of sulfonamides is 1. The summed E-state index contributed by atoms with van der Waals surface area (Å²) in [6, 6.07) is 9.07. The molecule has 1 fully saturated rings.